The van der Waals surface area contributed by atoms with Crippen molar-refractivity contribution in [3.8, 4) is 34.3 Å². The van der Waals surface area contributed by atoms with Crippen molar-refractivity contribution >= 4 is 28.0 Å². The number of carbonyl (C=O) groups is 1. The number of aromatic hydroxyl groups is 1. The number of carbonyl (C=O) groups excluding carboxylic acids is 1. The minimum absolute atomic E-state index is 0.0414. The van der Waals surface area contributed by atoms with Gasteiger partial charge < -0.3 is 23.9 Å². The molecule has 9 nitrogen and oxygen atoms in total. The van der Waals surface area contributed by atoms with Gasteiger partial charge >= 0.3 is 0 Å². The number of hydrogen-bond acceptors (Lipinski definition) is 6. The Kier molecular flexibility index (Phi) is 5.80. The number of pyridine rings is 2. The average Bonchev–Trinajstić information content (AvgIpc) is 3.41. The second kappa shape index (κ2) is 9.52. The summed E-state index contributed by atoms with van der Waals surface area (Å²) in [6.45, 7) is 3.84. The van der Waals surface area contributed by atoms with Crippen LogP contribution in [0.3, 0.4) is 0 Å². The molecule has 1 saturated heterocycles. The summed E-state index contributed by atoms with van der Waals surface area (Å²) in [6.07, 6.45) is 5.64. The van der Waals surface area contributed by atoms with E-state index in [1.165, 1.54) is 12.5 Å². The van der Waals surface area contributed by atoms with E-state index in [4.69, 9.17) is 14.7 Å². The van der Waals surface area contributed by atoms with Gasteiger partial charge in [-0.05, 0) is 79.8 Å². The Morgan fingerprint density at radius 1 is 1.12 bits per heavy atom. The van der Waals surface area contributed by atoms with Crippen LogP contribution in [0.25, 0.3) is 44.8 Å². The van der Waals surface area contributed by atoms with Gasteiger partial charge in [-0.3, -0.25) is 4.79 Å². The van der Waals surface area contributed by atoms with Gasteiger partial charge in [-0.1, -0.05) is 6.92 Å². The number of methoxy groups -OCH3 is 1. The molecule has 1 aromatic carbocycles. The maximum absolute atomic E-state index is 14.6. The second-order valence-corrected chi connectivity index (χ2v) is 12.5. The van der Waals surface area contributed by atoms with Gasteiger partial charge in [-0.15, -0.1) is 0 Å². The van der Waals surface area contributed by atoms with Crippen LogP contribution in [0.5, 0.6) is 11.5 Å². The zero-order valence-electron chi connectivity index (χ0n) is 24.4. The van der Waals surface area contributed by atoms with E-state index in [-0.39, 0.29) is 17.2 Å². The van der Waals surface area contributed by atoms with E-state index in [2.05, 4.69) is 22.5 Å². The Hall–Kier alpha value is -4.47. The molecule has 2 saturated carbocycles. The van der Waals surface area contributed by atoms with Crippen molar-refractivity contribution in [3.05, 3.63) is 54.1 Å². The average molecular weight is 581 g/mol. The lowest BCUT2D eigenvalue weighted by molar-refractivity contribution is 0.0696. The van der Waals surface area contributed by atoms with Crippen molar-refractivity contribution in [2.45, 2.75) is 45.2 Å². The Bertz CT molecular complexity index is 1940. The van der Waals surface area contributed by atoms with E-state index in [9.17, 15) is 14.3 Å². The third kappa shape index (κ3) is 4.10. The summed E-state index contributed by atoms with van der Waals surface area (Å²) in [5, 5.41) is 10.8. The molecule has 5 heterocycles. The standard InChI is InChI=1S/C33H33FN6O3/c1-17-20-7-9-26(17)40(16-20)33(42)21-10-25-29(28(12-21)43-3)38(2)32(37-25)27-11-19-6-8-24(23-13-22(41)14-35-30(23)34)36-31(19)39(27)15-18-4-5-18/h6,8,10-14,17-18,20,26,41H,4-5,7,9,15-16H2,1-3H3/t17-,20?,26?/m1/s1. The Labute approximate surface area is 247 Å². The van der Waals surface area contributed by atoms with Gasteiger partial charge in [0.1, 0.15) is 22.7 Å². The number of aryl methyl sites for hydroxylation is 1. The number of ether oxygens (including phenoxy) is 1. The fraction of sp³-hybridized carbons (Fsp3) is 0.394. The van der Waals surface area contributed by atoms with Crippen LogP contribution < -0.4 is 4.74 Å². The molecule has 5 aromatic rings. The van der Waals surface area contributed by atoms with Gasteiger partial charge in [0.15, 0.2) is 5.82 Å². The molecular weight excluding hydrogens is 547 g/mol. The maximum Gasteiger partial charge on any atom is 0.254 e. The molecule has 1 N–H and O–H groups in total. The van der Waals surface area contributed by atoms with E-state index < -0.39 is 5.95 Å². The summed E-state index contributed by atoms with van der Waals surface area (Å²) in [7, 11) is 3.59. The summed E-state index contributed by atoms with van der Waals surface area (Å²) in [4.78, 5) is 29.4. The minimum atomic E-state index is -0.686. The summed E-state index contributed by atoms with van der Waals surface area (Å²) in [5.74, 6) is 2.24. The number of fused-ring (bicyclic) bond motifs is 4. The van der Waals surface area contributed by atoms with Gasteiger partial charge in [-0.2, -0.15) is 4.39 Å². The summed E-state index contributed by atoms with van der Waals surface area (Å²) < 4.78 is 24.6. The molecule has 2 aliphatic carbocycles. The molecule has 0 radical (unpaired) electrons. The normalized spacial score (nSPS) is 21.4. The highest BCUT2D eigenvalue weighted by atomic mass is 19.1. The van der Waals surface area contributed by atoms with Crippen LogP contribution in [-0.4, -0.2) is 59.7 Å². The SMILES string of the molecule is COc1cc(C(=O)N2CC3CCC2[C@@H]3C)cc2nc(-c3cc4ccc(-c5cc(O)cnc5F)nc4n3CC3CC3)n(C)c12. The van der Waals surface area contributed by atoms with Crippen LogP contribution in [0.1, 0.15) is 43.0 Å². The van der Waals surface area contributed by atoms with Gasteiger partial charge in [0.25, 0.3) is 5.91 Å². The monoisotopic (exact) mass is 580 g/mol. The molecule has 10 heteroatoms. The molecule has 1 amide bonds. The molecule has 3 aliphatic rings. The van der Waals surface area contributed by atoms with Crippen LogP contribution >= 0.6 is 0 Å². The first-order valence-corrected chi connectivity index (χ1v) is 15.0. The van der Waals surface area contributed by atoms with E-state index >= 15 is 0 Å². The summed E-state index contributed by atoms with van der Waals surface area (Å²) in [6, 6.07) is 11.1. The predicted octanol–water partition coefficient (Wildman–Crippen LogP) is 5.79. The lowest BCUT2D eigenvalue weighted by Crippen LogP contribution is -2.38. The first-order chi connectivity index (χ1) is 20.8. The van der Waals surface area contributed by atoms with Crippen LogP contribution in [-0.2, 0) is 13.6 Å². The number of rotatable bonds is 6. The van der Waals surface area contributed by atoms with Crippen molar-refractivity contribution < 1.29 is 19.0 Å². The lowest BCUT2D eigenvalue weighted by atomic mass is 10.0. The van der Waals surface area contributed by atoms with Crippen molar-refractivity contribution in [1.29, 1.82) is 0 Å². The third-order valence-corrected chi connectivity index (χ3v) is 9.89. The number of imidazole rings is 1. The highest BCUT2D eigenvalue weighted by Gasteiger charge is 2.46. The van der Waals surface area contributed by atoms with Crippen molar-refractivity contribution in [3.63, 3.8) is 0 Å². The van der Waals surface area contributed by atoms with Crippen LogP contribution in [0.15, 0.2) is 42.6 Å². The van der Waals surface area contributed by atoms with Crippen LogP contribution in [0.4, 0.5) is 4.39 Å². The molecular formula is C33H33FN6O3. The second-order valence-electron chi connectivity index (χ2n) is 12.5. The summed E-state index contributed by atoms with van der Waals surface area (Å²) >= 11 is 0. The Morgan fingerprint density at radius 3 is 2.67 bits per heavy atom. The number of aromatic nitrogens is 5. The number of amides is 1. The number of halogens is 1. The van der Waals surface area contributed by atoms with E-state index in [1.807, 2.05) is 34.7 Å². The molecule has 4 aromatic heterocycles. The number of piperidine rings is 1. The molecule has 1 aliphatic heterocycles. The Morgan fingerprint density at radius 2 is 1.95 bits per heavy atom. The molecule has 220 valence electrons. The highest BCUT2D eigenvalue weighted by molar-refractivity contribution is 6.00. The molecule has 2 unspecified atom stereocenters. The molecule has 0 spiro atoms. The lowest BCUT2D eigenvalue weighted by Gasteiger charge is -2.27. The van der Waals surface area contributed by atoms with Gasteiger partial charge in [-0.25, -0.2) is 15.0 Å². The van der Waals surface area contributed by atoms with Gasteiger partial charge in [0.05, 0.1) is 35.8 Å². The topological polar surface area (TPSA) is 98.3 Å². The number of hydrogen-bond donors (Lipinski definition) is 1. The first kappa shape index (κ1) is 26.2. The third-order valence-electron chi connectivity index (χ3n) is 9.89. The molecule has 3 atom stereocenters. The van der Waals surface area contributed by atoms with Crippen molar-refractivity contribution in [2.75, 3.05) is 13.7 Å². The van der Waals surface area contributed by atoms with E-state index in [1.54, 1.807) is 13.2 Å². The minimum Gasteiger partial charge on any atom is -0.506 e. The number of benzene rings is 1. The maximum atomic E-state index is 14.6. The Balaban J connectivity index is 1.25. The van der Waals surface area contributed by atoms with Gasteiger partial charge in [0, 0.05) is 37.1 Å². The largest absolute Gasteiger partial charge is 0.506 e. The van der Waals surface area contributed by atoms with E-state index in [0.717, 1.165) is 66.6 Å². The number of likely N-dealkylation sites (tertiary alicyclic amines) is 1. The summed E-state index contributed by atoms with van der Waals surface area (Å²) in [5.41, 5.74) is 4.26. The molecule has 43 heavy (non-hydrogen) atoms. The van der Waals surface area contributed by atoms with Gasteiger partial charge in [0.2, 0.25) is 5.95 Å². The zero-order chi connectivity index (χ0) is 29.6. The van der Waals surface area contributed by atoms with Crippen LogP contribution in [0, 0.1) is 23.7 Å². The smallest absolute Gasteiger partial charge is 0.254 e. The predicted molar refractivity (Wildman–Crippen MR) is 160 cm³/mol. The van der Waals surface area contributed by atoms with E-state index in [0.29, 0.717) is 46.3 Å². The molecule has 2 bridgehead atoms. The quantitative estimate of drug-likeness (QED) is 0.256. The zero-order valence-corrected chi connectivity index (χ0v) is 24.4. The fourth-order valence-corrected chi connectivity index (χ4v) is 7.35. The molecule has 3 fully saturated rings. The van der Waals surface area contributed by atoms with Crippen molar-refractivity contribution in [1.82, 2.24) is 29.0 Å². The first-order valence-electron chi connectivity index (χ1n) is 15.0. The highest BCUT2D eigenvalue weighted by Crippen LogP contribution is 2.44. The number of nitrogens with zero attached hydrogens (tertiary/aromatic N) is 6. The van der Waals surface area contributed by atoms with Crippen molar-refractivity contribution in [2.24, 2.45) is 24.8 Å². The van der Waals surface area contributed by atoms with Crippen LogP contribution in [0.2, 0.25) is 0 Å². The fourth-order valence-electron chi connectivity index (χ4n) is 7.35. The molecule has 8 rings (SSSR count).